The maximum Gasteiger partial charge on any atom is 0.353 e. The number of carboxylic acids is 1. The molecule has 0 saturated carbocycles. The highest BCUT2D eigenvalue weighted by Gasteiger charge is 2.00. The maximum atomic E-state index is 10.4. The van der Waals surface area contributed by atoms with Gasteiger partial charge in [0.25, 0.3) is 0 Å². The Kier molecular flexibility index (Phi) is 5.42. The third-order valence-electron chi connectivity index (χ3n) is 1.84. The van der Waals surface area contributed by atoms with E-state index in [-0.39, 0.29) is 12.3 Å². The van der Waals surface area contributed by atoms with Crippen molar-refractivity contribution in [3.05, 3.63) is 40.4 Å². The summed E-state index contributed by atoms with van der Waals surface area (Å²) in [6, 6.07) is 7.78. The summed E-state index contributed by atoms with van der Waals surface area (Å²) >= 11 is 3.37. The van der Waals surface area contributed by atoms with Gasteiger partial charge in [-0.05, 0) is 30.7 Å². The smallest absolute Gasteiger partial charge is 0.353 e. The first-order valence-electron chi connectivity index (χ1n) is 4.91. The van der Waals surface area contributed by atoms with Crippen LogP contribution in [0, 0.1) is 0 Å². The molecular formula is C12H12BrNO3. The van der Waals surface area contributed by atoms with Crippen LogP contribution in [0.2, 0.25) is 0 Å². The van der Waals surface area contributed by atoms with Gasteiger partial charge < -0.3 is 9.94 Å². The zero-order valence-electron chi connectivity index (χ0n) is 9.26. The van der Waals surface area contributed by atoms with Gasteiger partial charge in [-0.1, -0.05) is 39.3 Å². The quantitative estimate of drug-likeness (QED) is 0.516. The fourth-order valence-corrected chi connectivity index (χ4v) is 1.43. The lowest BCUT2D eigenvalue weighted by Crippen LogP contribution is -2.08. The van der Waals surface area contributed by atoms with Crippen molar-refractivity contribution in [2.75, 3.05) is 6.61 Å². The number of aliphatic carboxylic acids is 1. The van der Waals surface area contributed by atoms with E-state index in [9.17, 15) is 4.79 Å². The highest BCUT2D eigenvalue weighted by molar-refractivity contribution is 9.10. The summed E-state index contributed by atoms with van der Waals surface area (Å²) in [5, 5.41) is 11.9. The van der Waals surface area contributed by atoms with Gasteiger partial charge in [0.05, 0.1) is 0 Å². The predicted octanol–water partition coefficient (Wildman–Crippen LogP) is 2.94. The molecule has 1 aromatic carbocycles. The molecule has 4 nitrogen and oxygen atoms in total. The largest absolute Gasteiger partial charge is 0.477 e. The number of halogens is 1. The molecule has 0 aliphatic carbocycles. The van der Waals surface area contributed by atoms with E-state index in [1.807, 2.05) is 30.3 Å². The minimum absolute atomic E-state index is 0.0687. The topological polar surface area (TPSA) is 58.9 Å². The molecule has 0 atom stereocenters. The van der Waals surface area contributed by atoms with Crippen molar-refractivity contribution in [2.24, 2.45) is 5.16 Å². The number of carboxylic acid groups (broad SMARTS) is 1. The van der Waals surface area contributed by atoms with Crippen molar-refractivity contribution in [3.8, 4) is 0 Å². The number of rotatable bonds is 5. The molecular weight excluding hydrogens is 286 g/mol. The van der Waals surface area contributed by atoms with Crippen molar-refractivity contribution < 1.29 is 14.7 Å². The zero-order chi connectivity index (χ0) is 12.7. The van der Waals surface area contributed by atoms with Gasteiger partial charge in [-0.3, -0.25) is 0 Å². The molecule has 1 N–H and O–H groups in total. The van der Waals surface area contributed by atoms with Crippen LogP contribution in [-0.2, 0) is 9.63 Å². The minimum atomic E-state index is -1.08. The summed E-state index contributed by atoms with van der Waals surface area (Å²) in [6.07, 6.45) is 3.64. The average Bonchev–Trinajstić information content (AvgIpc) is 2.28. The Morgan fingerprint density at radius 2 is 2.35 bits per heavy atom. The normalized spacial score (nSPS) is 11.8. The number of hydrogen-bond acceptors (Lipinski definition) is 3. The Labute approximate surface area is 108 Å². The summed E-state index contributed by atoms with van der Waals surface area (Å²) in [5.41, 5.74) is 0.961. The van der Waals surface area contributed by atoms with Gasteiger partial charge in [0.2, 0.25) is 0 Å². The Hall–Kier alpha value is -1.62. The first-order chi connectivity index (χ1) is 8.09. The summed E-state index contributed by atoms with van der Waals surface area (Å²) in [7, 11) is 0. The van der Waals surface area contributed by atoms with Crippen LogP contribution >= 0.6 is 15.9 Å². The van der Waals surface area contributed by atoms with Crippen molar-refractivity contribution in [2.45, 2.75) is 6.92 Å². The van der Waals surface area contributed by atoms with E-state index >= 15 is 0 Å². The van der Waals surface area contributed by atoms with Crippen LogP contribution in [0.15, 0.2) is 40.0 Å². The molecule has 90 valence electrons. The molecule has 0 unspecified atom stereocenters. The molecule has 0 radical (unpaired) electrons. The summed E-state index contributed by atoms with van der Waals surface area (Å²) < 4.78 is 1.00. The van der Waals surface area contributed by atoms with Gasteiger partial charge >= 0.3 is 5.97 Å². The molecule has 0 bridgehead atoms. The Morgan fingerprint density at radius 3 is 3.00 bits per heavy atom. The van der Waals surface area contributed by atoms with E-state index in [4.69, 9.17) is 9.94 Å². The van der Waals surface area contributed by atoms with Crippen molar-refractivity contribution in [3.63, 3.8) is 0 Å². The van der Waals surface area contributed by atoms with Crippen LogP contribution in [-0.4, -0.2) is 23.4 Å². The number of carbonyl (C=O) groups is 1. The van der Waals surface area contributed by atoms with Gasteiger partial charge in [-0.15, -0.1) is 0 Å². The standard InChI is InChI=1S/C12H12BrNO3/c1-9(12(15)16)14-17-7-3-5-10-4-2-6-11(13)8-10/h2-6,8H,7H2,1H3,(H,15,16). The molecule has 0 fully saturated rings. The molecule has 0 spiro atoms. The predicted molar refractivity (Wildman–Crippen MR) is 69.9 cm³/mol. The van der Waals surface area contributed by atoms with Crippen LogP contribution in [0.25, 0.3) is 6.08 Å². The molecule has 0 heterocycles. The second-order valence-electron chi connectivity index (χ2n) is 3.23. The molecule has 0 aromatic heterocycles. The van der Waals surface area contributed by atoms with Gasteiger partial charge in [-0.25, -0.2) is 4.79 Å². The first-order valence-corrected chi connectivity index (χ1v) is 5.71. The molecule has 17 heavy (non-hydrogen) atoms. The van der Waals surface area contributed by atoms with Crippen molar-refractivity contribution in [1.29, 1.82) is 0 Å². The highest BCUT2D eigenvalue weighted by Crippen LogP contribution is 2.12. The lowest BCUT2D eigenvalue weighted by Gasteiger charge is -1.96. The van der Waals surface area contributed by atoms with Gasteiger partial charge in [0.15, 0.2) is 5.71 Å². The molecule has 1 rings (SSSR count). The lowest BCUT2D eigenvalue weighted by atomic mass is 10.2. The summed E-state index contributed by atoms with van der Waals surface area (Å²) in [4.78, 5) is 15.2. The Morgan fingerprint density at radius 1 is 1.59 bits per heavy atom. The average molecular weight is 298 g/mol. The number of benzene rings is 1. The molecule has 0 aliphatic heterocycles. The molecule has 0 saturated heterocycles. The molecule has 0 amide bonds. The first kappa shape index (κ1) is 13.4. The van der Waals surface area contributed by atoms with Crippen LogP contribution in [0.3, 0.4) is 0 Å². The monoisotopic (exact) mass is 297 g/mol. The number of nitrogens with zero attached hydrogens (tertiary/aromatic N) is 1. The van der Waals surface area contributed by atoms with Gasteiger partial charge in [0.1, 0.15) is 6.61 Å². The van der Waals surface area contributed by atoms with Crippen molar-refractivity contribution in [1.82, 2.24) is 0 Å². The second kappa shape index (κ2) is 6.85. The Balaban J connectivity index is 2.41. The second-order valence-corrected chi connectivity index (χ2v) is 4.15. The highest BCUT2D eigenvalue weighted by atomic mass is 79.9. The van der Waals surface area contributed by atoms with Crippen LogP contribution in [0.5, 0.6) is 0 Å². The molecule has 0 aliphatic rings. The van der Waals surface area contributed by atoms with Crippen LogP contribution in [0.1, 0.15) is 12.5 Å². The third kappa shape index (κ3) is 5.31. The SMILES string of the molecule is CC(=NOCC=Cc1cccc(Br)c1)C(=O)O. The molecule has 1 aromatic rings. The fraction of sp³-hybridized carbons (Fsp3) is 0.167. The molecule has 5 heteroatoms. The van der Waals surface area contributed by atoms with E-state index in [0.717, 1.165) is 10.0 Å². The van der Waals surface area contributed by atoms with Gasteiger partial charge in [-0.2, -0.15) is 0 Å². The van der Waals surface area contributed by atoms with Crippen LogP contribution in [0.4, 0.5) is 0 Å². The Bertz CT molecular complexity index is 455. The van der Waals surface area contributed by atoms with Crippen LogP contribution < -0.4 is 0 Å². The number of oxime groups is 1. The van der Waals surface area contributed by atoms with E-state index in [2.05, 4.69) is 21.1 Å². The minimum Gasteiger partial charge on any atom is -0.477 e. The summed E-state index contributed by atoms with van der Waals surface area (Å²) in [6.45, 7) is 1.61. The third-order valence-corrected chi connectivity index (χ3v) is 2.33. The van der Waals surface area contributed by atoms with Crippen molar-refractivity contribution >= 4 is 33.7 Å². The lowest BCUT2D eigenvalue weighted by molar-refractivity contribution is -0.129. The zero-order valence-corrected chi connectivity index (χ0v) is 10.8. The fourth-order valence-electron chi connectivity index (χ4n) is 1.01. The van der Waals surface area contributed by atoms with E-state index in [0.29, 0.717) is 0 Å². The van der Waals surface area contributed by atoms with Gasteiger partial charge in [0, 0.05) is 4.47 Å². The van der Waals surface area contributed by atoms with E-state index in [1.54, 1.807) is 6.08 Å². The van der Waals surface area contributed by atoms with E-state index in [1.165, 1.54) is 6.92 Å². The summed E-state index contributed by atoms with van der Waals surface area (Å²) in [5.74, 6) is -1.08. The van der Waals surface area contributed by atoms with E-state index < -0.39 is 5.97 Å². The number of hydrogen-bond donors (Lipinski definition) is 1. The maximum absolute atomic E-state index is 10.4.